The van der Waals surface area contributed by atoms with E-state index in [2.05, 4.69) is 10.6 Å². The average molecular weight is 473 g/mol. The number of nitrogens with zero attached hydrogens (tertiary/aromatic N) is 1. The molecular weight excluding hydrogens is 453 g/mol. The van der Waals surface area contributed by atoms with Crippen molar-refractivity contribution in [3.8, 4) is 5.75 Å². The number of imide groups is 2. The first-order valence-corrected chi connectivity index (χ1v) is 10.6. The summed E-state index contributed by atoms with van der Waals surface area (Å²) >= 11 is 0. The number of barbiturate groups is 1. The first kappa shape index (κ1) is 23.4. The lowest BCUT2D eigenvalue weighted by Gasteiger charge is -2.26. The fraction of sp³-hybridized carbons (Fsp3) is 0.0769. The van der Waals surface area contributed by atoms with Crippen LogP contribution in [0.2, 0.25) is 0 Å². The lowest BCUT2D eigenvalue weighted by Crippen LogP contribution is -2.54. The lowest BCUT2D eigenvalue weighted by molar-refractivity contribution is -0.122. The van der Waals surface area contributed by atoms with Crippen molar-refractivity contribution in [3.05, 3.63) is 95.3 Å². The van der Waals surface area contributed by atoms with Crippen molar-refractivity contribution in [2.24, 2.45) is 0 Å². The van der Waals surface area contributed by atoms with Gasteiger partial charge in [-0.1, -0.05) is 24.3 Å². The number of carbonyl (C=O) groups excluding carboxylic acids is 4. The molecule has 0 saturated carbocycles. The molecule has 0 aliphatic carbocycles. The summed E-state index contributed by atoms with van der Waals surface area (Å²) < 4.78 is 18.8. The van der Waals surface area contributed by atoms with Gasteiger partial charge >= 0.3 is 6.03 Å². The van der Waals surface area contributed by atoms with E-state index in [1.54, 1.807) is 30.3 Å². The molecule has 3 aromatic carbocycles. The zero-order chi connectivity index (χ0) is 24.9. The maximum absolute atomic E-state index is 13.2. The van der Waals surface area contributed by atoms with Crippen LogP contribution in [0.1, 0.15) is 11.1 Å². The number of carbonyl (C=O) groups is 4. The number of aryl methyl sites for hydroxylation is 1. The third-order valence-corrected chi connectivity index (χ3v) is 5.03. The quantitative estimate of drug-likeness (QED) is 0.418. The standard InChI is InChI=1S/C26H20FN3O5/c1-16-4-2-6-19(12-16)28-23(31)15-35-21-7-3-5-17(13-21)14-22-24(32)29-26(34)30(25(22)33)20-10-8-18(27)9-11-20/h2-14H,15H2,1H3,(H,28,31)(H,29,32,34)/b22-14+. The summed E-state index contributed by atoms with van der Waals surface area (Å²) in [6, 6.07) is 17.6. The molecular formula is C26H20FN3O5. The van der Waals surface area contributed by atoms with Gasteiger partial charge in [0.15, 0.2) is 6.61 Å². The minimum atomic E-state index is -0.930. The number of benzene rings is 3. The van der Waals surface area contributed by atoms with Gasteiger partial charge in [0.2, 0.25) is 0 Å². The second-order valence-corrected chi connectivity index (χ2v) is 7.71. The Labute approximate surface area is 200 Å². The highest BCUT2D eigenvalue weighted by atomic mass is 19.1. The van der Waals surface area contributed by atoms with E-state index >= 15 is 0 Å². The lowest BCUT2D eigenvalue weighted by atomic mass is 10.1. The van der Waals surface area contributed by atoms with Crippen LogP contribution in [0.5, 0.6) is 5.75 Å². The SMILES string of the molecule is Cc1cccc(NC(=O)COc2cccc(/C=C3\C(=O)NC(=O)N(c4ccc(F)cc4)C3=O)c2)c1. The van der Waals surface area contributed by atoms with Crippen molar-refractivity contribution in [2.45, 2.75) is 6.92 Å². The molecule has 5 amide bonds. The van der Waals surface area contributed by atoms with E-state index in [4.69, 9.17) is 4.74 Å². The molecule has 1 aliphatic rings. The maximum Gasteiger partial charge on any atom is 0.335 e. The van der Waals surface area contributed by atoms with Gasteiger partial charge in [-0.05, 0) is 72.7 Å². The van der Waals surface area contributed by atoms with Gasteiger partial charge in [-0.2, -0.15) is 0 Å². The molecule has 0 atom stereocenters. The predicted molar refractivity (Wildman–Crippen MR) is 127 cm³/mol. The summed E-state index contributed by atoms with van der Waals surface area (Å²) in [5.74, 6) is -2.25. The van der Waals surface area contributed by atoms with E-state index in [0.717, 1.165) is 22.6 Å². The van der Waals surface area contributed by atoms with Crippen molar-refractivity contribution < 1.29 is 28.3 Å². The van der Waals surface area contributed by atoms with Gasteiger partial charge in [0.05, 0.1) is 5.69 Å². The number of ether oxygens (including phenoxy) is 1. The average Bonchev–Trinajstić information content (AvgIpc) is 2.82. The highest BCUT2D eigenvalue weighted by Gasteiger charge is 2.36. The Hall–Kier alpha value is -4.79. The molecule has 1 heterocycles. The van der Waals surface area contributed by atoms with Crippen LogP contribution in [0.25, 0.3) is 6.08 Å². The molecule has 0 spiro atoms. The van der Waals surface area contributed by atoms with Crippen LogP contribution >= 0.6 is 0 Å². The molecule has 0 radical (unpaired) electrons. The molecule has 35 heavy (non-hydrogen) atoms. The minimum Gasteiger partial charge on any atom is -0.484 e. The van der Waals surface area contributed by atoms with Gasteiger partial charge in [0.25, 0.3) is 17.7 Å². The Morgan fingerprint density at radius 1 is 1.03 bits per heavy atom. The summed E-state index contributed by atoms with van der Waals surface area (Å²) in [6.07, 6.45) is 1.31. The van der Waals surface area contributed by atoms with E-state index in [-0.39, 0.29) is 23.8 Å². The van der Waals surface area contributed by atoms with E-state index in [9.17, 15) is 23.6 Å². The number of nitrogens with one attached hydrogen (secondary N) is 2. The summed E-state index contributed by atoms with van der Waals surface area (Å²) in [6.45, 7) is 1.67. The largest absolute Gasteiger partial charge is 0.484 e. The van der Waals surface area contributed by atoms with Crippen LogP contribution in [0.3, 0.4) is 0 Å². The normalized spacial score (nSPS) is 14.6. The van der Waals surface area contributed by atoms with E-state index < -0.39 is 23.7 Å². The zero-order valence-corrected chi connectivity index (χ0v) is 18.6. The molecule has 0 unspecified atom stereocenters. The molecule has 0 bridgehead atoms. The number of rotatable bonds is 6. The maximum atomic E-state index is 13.2. The van der Waals surface area contributed by atoms with E-state index in [0.29, 0.717) is 17.0 Å². The van der Waals surface area contributed by atoms with Gasteiger partial charge in [0, 0.05) is 5.69 Å². The second kappa shape index (κ2) is 10.0. The predicted octanol–water partition coefficient (Wildman–Crippen LogP) is 3.82. The molecule has 0 aromatic heterocycles. The van der Waals surface area contributed by atoms with Crippen LogP contribution in [0.4, 0.5) is 20.6 Å². The molecule has 3 aromatic rings. The van der Waals surface area contributed by atoms with Gasteiger partial charge in [-0.15, -0.1) is 0 Å². The Bertz CT molecular complexity index is 1350. The summed E-state index contributed by atoms with van der Waals surface area (Å²) in [7, 11) is 0. The molecule has 1 saturated heterocycles. The molecule has 9 heteroatoms. The summed E-state index contributed by atoms with van der Waals surface area (Å²) in [4.78, 5) is 50.5. The Balaban J connectivity index is 1.48. The topological polar surface area (TPSA) is 105 Å². The molecule has 8 nitrogen and oxygen atoms in total. The molecule has 1 aliphatic heterocycles. The van der Waals surface area contributed by atoms with Crippen LogP contribution < -0.4 is 20.3 Å². The summed E-state index contributed by atoms with van der Waals surface area (Å²) in [5.41, 5.74) is 1.92. The third kappa shape index (κ3) is 5.59. The Morgan fingerprint density at radius 2 is 1.77 bits per heavy atom. The number of hydrogen-bond donors (Lipinski definition) is 2. The van der Waals surface area contributed by atoms with Crippen LogP contribution in [0, 0.1) is 12.7 Å². The third-order valence-electron chi connectivity index (χ3n) is 5.03. The highest BCUT2D eigenvalue weighted by molar-refractivity contribution is 6.39. The molecule has 1 fully saturated rings. The molecule has 2 N–H and O–H groups in total. The Kier molecular flexibility index (Phi) is 6.68. The second-order valence-electron chi connectivity index (χ2n) is 7.71. The highest BCUT2D eigenvalue weighted by Crippen LogP contribution is 2.23. The monoisotopic (exact) mass is 473 g/mol. The van der Waals surface area contributed by atoms with Crippen molar-refractivity contribution in [1.29, 1.82) is 0 Å². The van der Waals surface area contributed by atoms with Crippen LogP contribution in [-0.2, 0) is 14.4 Å². The first-order valence-electron chi connectivity index (χ1n) is 10.6. The number of urea groups is 1. The zero-order valence-electron chi connectivity index (χ0n) is 18.6. The minimum absolute atomic E-state index is 0.115. The fourth-order valence-electron chi connectivity index (χ4n) is 3.41. The van der Waals surface area contributed by atoms with Crippen LogP contribution in [0.15, 0.2) is 78.4 Å². The van der Waals surface area contributed by atoms with Crippen molar-refractivity contribution >= 4 is 41.2 Å². The van der Waals surface area contributed by atoms with E-state index in [1.807, 2.05) is 25.1 Å². The fourth-order valence-corrected chi connectivity index (χ4v) is 3.41. The Morgan fingerprint density at radius 3 is 2.51 bits per heavy atom. The van der Waals surface area contributed by atoms with Gasteiger partial charge < -0.3 is 10.1 Å². The molecule has 176 valence electrons. The van der Waals surface area contributed by atoms with Crippen molar-refractivity contribution in [1.82, 2.24) is 5.32 Å². The number of halogens is 1. The van der Waals surface area contributed by atoms with Crippen LogP contribution in [-0.4, -0.2) is 30.4 Å². The number of amides is 5. The molecule has 4 rings (SSSR count). The summed E-state index contributed by atoms with van der Waals surface area (Å²) in [5, 5.41) is 4.84. The van der Waals surface area contributed by atoms with Gasteiger partial charge in [-0.3, -0.25) is 19.7 Å². The first-order chi connectivity index (χ1) is 16.8. The number of hydrogen-bond acceptors (Lipinski definition) is 5. The number of anilines is 2. The van der Waals surface area contributed by atoms with Crippen molar-refractivity contribution in [3.63, 3.8) is 0 Å². The van der Waals surface area contributed by atoms with Gasteiger partial charge in [0.1, 0.15) is 17.1 Å². The smallest absolute Gasteiger partial charge is 0.335 e. The van der Waals surface area contributed by atoms with Crippen molar-refractivity contribution in [2.75, 3.05) is 16.8 Å². The van der Waals surface area contributed by atoms with E-state index in [1.165, 1.54) is 18.2 Å². The van der Waals surface area contributed by atoms with Gasteiger partial charge in [-0.25, -0.2) is 14.1 Å².